The van der Waals surface area contributed by atoms with E-state index in [1.165, 1.54) is 0 Å². The molecule has 2 heterocycles. The van der Waals surface area contributed by atoms with Crippen LogP contribution in [0.2, 0.25) is 0 Å². The predicted molar refractivity (Wildman–Crippen MR) is 65.3 cm³/mol. The van der Waals surface area contributed by atoms with Gasteiger partial charge in [-0.2, -0.15) is 0 Å². The van der Waals surface area contributed by atoms with Gasteiger partial charge in [-0.3, -0.25) is 4.98 Å². The first-order valence-corrected chi connectivity index (χ1v) is 5.91. The van der Waals surface area contributed by atoms with Crippen molar-refractivity contribution in [1.29, 1.82) is 0 Å². The highest BCUT2D eigenvalue weighted by molar-refractivity contribution is 5.38. The Morgan fingerprint density at radius 1 is 1.31 bits per heavy atom. The summed E-state index contributed by atoms with van der Waals surface area (Å²) in [5.41, 5.74) is 1.01. The molecule has 1 aromatic rings. The van der Waals surface area contributed by atoms with Gasteiger partial charge >= 0.3 is 0 Å². The van der Waals surface area contributed by atoms with Crippen LogP contribution in [-0.2, 0) is 6.54 Å². The Morgan fingerprint density at radius 3 is 2.62 bits per heavy atom. The summed E-state index contributed by atoms with van der Waals surface area (Å²) in [5, 5.41) is 3.10. The van der Waals surface area contributed by atoms with Crippen LogP contribution in [0, 0.1) is 11.8 Å². The van der Waals surface area contributed by atoms with Crippen molar-refractivity contribution in [2.75, 3.05) is 25.0 Å². The highest BCUT2D eigenvalue weighted by Gasteiger charge is 2.26. The summed E-state index contributed by atoms with van der Waals surface area (Å²) in [4.78, 5) is 11.2. The number of rotatable bonds is 3. The van der Waals surface area contributed by atoms with E-state index in [9.17, 15) is 0 Å². The molecule has 0 saturated carbocycles. The molecule has 4 nitrogen and oxygen atoms in total. The second kappa shape index (κ2) is 4.78. The smallest absolute Gasteiger partial charge is 0.147 e. The summed E-state index contributed by atoms with van der Waals surface area (Å²) >= 11 is 0. The van der Waals surface area contributed by atoms with Crippen LogP contribution >= 0.6 is 0 Å². The minimum absolute atomic E-state index is 0.745. The lowest BCUT2D eigenvalue weighted by atomic mass is 10.0. The zero-order valence-electron chi connectivity index (χ0n) is 10.3. The standard InChI is InChI=1S/C12H20N4/c1-9-7-16(8-10(9)2)12-6-14-5-11(15-12)4-13-3/h5-6,9-10,13H,4,7-8H2,1-3H3. The number of aromatic nitrogens is 2. The summed E-state index contributed by atoms with van der Waals surface area (Å²) in [6, 6.07) is 0. The lowest BCUT2D eigenvalue weighted by Crippen LogP contribution is -2.22. The van der Waals surface area contributed by atoms with Crippen molar-refractivity contribution in [1.82, 2.24) is 15.3 Å². The SMILES string of the molecule is CNCc1cncc(N2CC(C)C(C)C2)n1. The number of hydrogen-bond acceptors (Lipinski definition) is 4. The molecular weight excluding hydrogens is 200 g/mol. The van der Waals surface area contributed by atoms with Gasteiger partial charge in [-0.25, -0.2) is 4.98 Å². The average molecular weight is 220 g/mol. The summed E-state index contributed by atoms with van der Waals surface area (Å²) < 4.78 is 0. The van der Waals surface area contributed by atoms with Crippen molar-refractivity contribution in [2.24, 2.45) is 11.8 Å². The quantitative estimate of drug-likeness (QED) is 0.833. The molecule has 16 heavy (non-hydrogen) atoms. The zero-order valence-corrected chi connectivity index (χ0v) is 10.3. The van der Waals surface area contributed by atoms with Crippen LogP contribution in [0.25, 0.3) is 0 Å². The summed E-state index contributed by atoms with van der Waals surface area (Å²) in [5.74, 6) is 2.51. The van der Waals surface area contributed by atoms with Crippen molar-refractivity contribution < 1.29 is 0 Å². The number of nitrogens with one attached hydrogen (secondary N) is 1. The van der Waals surface area contributed by atoms with E-state index in [1.807, 2.05) is 19.4 Å². The van der Waals surface area contributed by atoms with Gasteiger partial charge in [0.05, 0.1) is 11.9 Å². The van der Waals surface area contributed by atoms with E-state index in [1.54, 1.807) is 0 Å². The van der Waals surface area contributed by atoms with Crippen LogP contribution in [0.5, 0.6) is 0 Å². The molecule has 2 unspecified atom stereocenters. The van der Waals surface area contributed by atoms with E-state index in [4.69, 9.17) is 0 Å². The van der Waals surface area contributed by atoms with Gasteiger partial charge in [0.25, 0.3) is 0 Å². The molecule has 1 N–H and O–H groups in total. The van der Waals surface area contributed by atoms with Crippen molar-refractivity contribution in [3.63, 3.8) is 0 Å². The first kappa shape index (κ1) is 11.3. The van der Waals surface area contributed by atoms with Gasteiger partial charge in [0.15, 0.2) is 0 Å². The Balaban J connectivity index is 2.12. The lowest BCUT2D eigenvalue weighted by Gasteiger charge is -2.17. The molecule has 1 fully saturated rings. The van der Waals surface area contributed by atoms with E-state index in [-0.39, 0.29) is 0 Å². The predicted octanol–water partition coefficient (Wildman–Crippen LogP) is 1.29. The minimum Gasteiger partial charge on any atom is -0.355 e. The maximum Gasteiger partial charge on any atom is 0.147 e. The maximum absolute atomic E-state index is 4.61. The summed E-state index contributed by atoms with van der Waals surface area (Å²) in [6.07, 6.45) is 3.69. The molecule has 2 atom stereocenters. The highest BCUT2D eigenvalue weighted by Crippen LogP contribution is 2.25. The largest absolute Gasteiger partial charge is 0.355 e. The molecule has 1 aliphatic heterocycles. The van der Waals surface area contributed by atoms with Crippen molar-refractivity contribution in [2.45, 2.75) is 20.4 Å². The van der Waals surface area contributed by atoms with Crippen LogP contribution in [0.15, 0.2) is 12.4 Å². The maximum atomic E-state index is 4.61. The Bertz CT molecular complexity index is 343. The topological polar surface area (TPSA) is 41.1 Å². The molecule has 0 radical (unpaired) electrons. The molecule has 4 heteroatoms. The number of anilines is 1. The van der Waals surface area contributed by atoms with Gasteiger partial charge in [-0.05, 0) is 18.9 Å². The van der Waals surface area contributed by atoms with Crippen molar-refractivity contribution in [3.05, 3.63) is 18.1 Å². The first-order chi connectivity index (χ1) is 7.70. The van der Waals surface area contributed by atoms with Gasteiger partial charge in [0.2, 0.25) is 0 Å². The third-order valence-corrected chi connectivity index (χ3v) is 3.34. The Hall–Kier alpha value is -1.16. The normalized spacial score (nSPS) is 25.1. The Morgan fingerprint density at radius 2 is 2.00 bits per heavy atom. The molecule has 88 valence electrons. The summed E-state index contributed by atoms with van der Waals surface area (Å²) in [6.45, 7) is 7.57. The van der Waals surface area contributed by atoms with Crippen molar-refractivity contribution >= 4 is 5.82 Å². The zero-order chi connectivity index (χ0) is 11.5. The van der Waals surface area contributed by atoms with E-state index >= 15 is 0 Å². The number of hydrogen-bond donors (Lipinski definition) is 1. The van der Waals surface area contributed by atoms with E-state index in [2.05, 4.69) is 34.0 Å². The van der Waals surface area contributed by atoms with Gasteiger partial charge in [0, 0.05) is 25.8 Å². The fourth-order valence-corrected chi connectivity index (χ4v) is 2.13. The van der Waals surface area contributed by atoms with Crippen LogP contribution in [-0.4, -0.2) is 30.1 Å². The van der Waals surface area contributed by atoms with Crippen LogP contribution in [0.4, 0.5) is 5.82 Å². The second-order valence-electron chi connectivity index (χ2n) is 4.76. The lowest BCUT2D eigenvalue weighted by molar-refractivity contribution is 0.494. The monoisotopic (exact) mass is 220 g/mol. The van der Waals surface area contributed by atoms with Gasteiger partial charge in [-0.1, -0.05) is 13.8 Å². The van der Waals surface area contributed by atoms with E-state index in [0.717, 1.165) is 43.0 Å². The van der Waals surface area contributed by atoms with Crippen LogP contribution < -0.4 is 10.2 Å². The van der Waals surface area contributed by atoms with Gasteiger partial charge < -0.3 is 10.2 Å². The first-order valence-electron chi connectivity index (χ1n) is 5.91. The second-order valence-corrected chi connectivity index (χ2v) is 4.76. The average Bonchev–Trinajstić information content (AvgIpc) is 2.60. The molecule has 0 spiro atoms. The molecule has 2 rings (SSSR count). The van der Waals surface area contributed by atoms with E-state index in [0.29, 0.717) is 0 Å². The highest BCUT2D eigenvalue weighted by atomic mass is 15.2. The van der Waals surface area contributed by atoms with Crippen molar-refractivity contribution in [3.8, 4) is 0 Å². The van der Waals surface area contributed by atoms with Crippen LogP contribution in [0.1, 0.15) is 19.5 Å². The molecule has 0 aliphatic carbocycles. The fourth-order valence-electron chi connectivity index (χ4n) is 2.13. The minimum atomic E-state index is 0.745. The number of nitrogens with zero attached hydrogens (tertiary/aromatic N) is 3. The third-order valence-electron chi connectivity index (χ3n) is 3.34. The Kier molecular flexibility index (Phi) is 3.39. The molecule has 0 amide bonds. The Labute approximate surface area is 97.1 Å². The van der Waals surface area contributed by atoms with Gasteiger partial charge in [-0.15, -0.1) is 0 Å². The van der Waals surface area contributed by atoms with Gasteiger partial charge in [0.1, 0.15) is 5.82 Å². The fraction of sp³-hybridized carbons (Fsp3) is 0.667. The molecule has 1 aromatic heterocycles. The summed E-state index contributed by atoms with van der Waals surface area (Å²) in [7, 11) is 1.92. The van der Waals surface area contributed by atoms with E-state index < -0.39 is 0 Å². The van der Waals surface area contributed by atoms with Crippen LogP contribution in [0.3, 0.4) is 0 Å². The third kappa shape index (κ3) is 2.32. The molecule has 1 aliphatic rings. The molecule has 0 bridgehead atoms. The molecule has 0 aromatic carbocycles. The molecular formula is C12H20N4. The molecule has 1 saturated heterocycles.